The van der Waals surface area contributed by atoms with Gasteiger partial charge in [0.15, 0.2) is 5.96 Å². The van der Waals surface area contributed by atoms with Gasteiger partial charge in [-0.15, -0.1) is 24.0 Å². The van der Waals surface area contributed by atoms with E-state index in [1.54, 1.807) is 0 Å². The maximum Gasteiger partial charge on any atom is 0.195 e. The predicted octanol–water partition coefficient (Wildman–Crippen LogP) is 3.46. The van der Waals surface area contributed by atoms with E-state index in [1.165, 1.54) is 5.56 Å². The van der Waals surface area contributed by atoms with E-state index in [-0.39, 0.29) is 24.0 Å². The van der Waals surface area contributed by atoms with Crippen LogP contribution in [0.5, 0.6) is 5.75 Å². The van der Waals surface area contributed by atoms with Gasteiger partial charge in [-0.2, -0.15) is 0 Å². The van der Waals surface area contributed by atoms with Gasteiger partial charge in [-0.25, -0.2) is 4.99 Å². The van der Waals surface area contributed by atoms with Gasteiger partial charge in [0.2, 0.25) is 0 Å². The van der Waals surface area contributed by atoms with Crippen molar-refractivity contribution in [3.63, 3.8) is 0 Å². The first kappa shape index (κ1) is 20.0. The van der Waals surface area contributed by atoms with E-state index in [4.69, 9.17) is 4.74 Å². The molecule has 0 radical (unpaired) electrons. The molecule has 0 heterocycles. The minimum atomic E-state index is 0. The number of guanidine groups is 1. The fraction of sp³-hybridized carbons (Fsp3) is 0.562. The van der Waals surface area contributed by atoms with Gasteiger partial charge < -0.3 is 14.5 Å². The van der Waals surface area contributed by atoms with Crippen molar-refractivity contribution >= 4 is 29.9 Å². The van der Waals surface area contributed by atoms with Crippen molar-refractivity contribution in [2.45, 2.75) is 26.3 Å². The van der Waals surface area contributed by atoms with Crippen LogP contribution >= 0.6 is 24.0 Å². The third-order valence-corrected chi connectivity index (χ3v) is 2.87. The Hall–Kier alpha value is -0.980. The van der Waals surface area contributed by atoms with Crippen LogP contribution in [0.2, 0.25) is 0 Å². The number of hydrogen-bond acceptors (Lipinski definition) is 2. The van der Waals surface area contributed by atoms with Crippen LogP contribution in [0.4, 0.5) is 0 Å². The zero-order chi connectivity index (χ0) is 15.0. The van der Waals surface area contributed by atoms with E-state index < -0.39 is 0 Å². The summed E-state index contributed by atoms with van der Waals surface area (Å²) in [4.78, 5) is 8.67. The van der Waals surface area contributed by atoms with E-state index in [0.29, 0.717) is 6.54 Å². The Balaban J connectivity index is 0.00000400. The zero-order valence-electron chi connectivity index (χ0n) is 13.8. The molecule has 0 aromatic heterocycles. The standard InChI is InChI=1S/C16H27N3O.HI/c1-6-7-11-20-15-10-8-9-14(12-15)13-17-16(18(2)3)19(4)5;/h8-10,12H,6-7,11,13H2,1-5H3;1H. The van der Waals surface area contributed by atoms with Crippen LogP contribution in [-0.2, 0) is 6.54 Å². The number of hydrogen-bond donors (Lipinski definition) is 0. The van der Waals surface area contributed by atoms with Crippen LogP contribution in [-0.4, -0.2) is 50.6 Å². The minimum Gasteiger partial charge on any atom is -0.494 e. The molecule has 0 spiro atoms. The number of benzene rings is 1. The number of rotatable bonds is 6. The third-order valence-electron chi connectivity index (χ3n) is 2.87. The Kier molecular flexibility index (Phi) is 10.2. The summed E-state index contributed by atoms with van der Waals surface area (Å²) in [5.74, 6) is 1.89. The highest BCUT2D eigenvalue weighted by atomic mass is 127. The van der Waals surface area contributed by atoms with Crippen LogP contribution in [0.15, 0.2) is 29.3 Å². The van der Waals surface area contributed by atoms with Crippen molar-refractivity contribution in [3.05, 3.63) is 29.8 Å². The molecule has 4 nitrogen and oxygen atoms in total. The number of unbranched alkanes of at least 4 members (excludes halogenated alkanes) is 1. The minimum absolute atomic E-state index is 0. The largest absolute Gasteiger partial charge is 0.494 e. The van der Waals surface area contributed by atoms with Gasteiger partial charge in [0.05, 0.1) is 13.2 Å². The molecule has 0 fully saturated rings. The van der Waals surface area contributed by atoms with Gasteiger partial charge in [-0.1, -0.05) is 25.5 Å². The molecule has 1 aromatic rings. The van der Waals surface area contributed by atoms with Crippen molar-refractivity contribution in [2.75, 3.05) is 34.8 Å². The number of aliphatic imine (C=N–C) groups is 1. The smallest absolute Gasteiger partial charge is 0.195 e. The van der Waals surface area contributed by atoms with Crippen molar-refractivity contribution in [1.29, 1.82) is 0 Å². The van der Waals surface area contributed by atoms with Gasteiger partial charge in [0.25, 0.3) is 0 Å². The second kappa shape index (κ2) is 10.7. The molecule has 21 heavy (non-hydrogen) atoms. The molecule has 0 atom stereocenters. The van der Waals surface area contributed by atoms with Crippen molar-refractivity contribution in [3.8, 4) is 5.75 Å². The summed E-state index contributed by atoms with van der Waals surface area (Å²) in [6, 6.07) is 8.18. The molecule has 120 valence electrons. The Labute approximate surface area is 146 Å². The Morgan fingerprint density at radius 2 is 1.81 bits per heavy atom. The van der Waals surface area contributed by atoms with E-state index >= 15 is 0 Å². The zero-order valence-corrected chi connectivity index (χ0v) is 16.1. The molecule has 5 heteroatoms. The molecule has 0 unspecified atom stereocenters. The highest BCUT2D eigenvalue weighted by Crippen LogP contribution is 2.14. The topological polar surface area (TPSA) is 28.1 Å². The lowest BCUT2D eigenvalue weighted by Gasteiger charge is -2.22. The van der Waals surface area contributed by atoms with E-state index in [0.717, 1.165) is 31.2 Å². The number of ether oxygens (including phenoxy) is 1. The number of halogens is 1. The average molecular weight is 405 g/mol. The normalized spacial score (nSPS) is 9.57. The summed E-state index contributed by atoms with van der Waals surface area (Å²) in [5, 5.41) is 0. The summed E-state index contributed by atoms with van der Waals surface area (Å²) in [6.07, 6.45) is 2.24. The van der Waals surface area contributed by atoms with Gasteiger partial charge in [-0.05, 0) is 24.1 Å². The molecular weight excluding hydrogens is 377 g/mol. The lowest BCUT2D eigenvalue weighted by Crippen LogP contribution is -2.35. The predicted molar refractivity (Wildman–Crippen MR) is 101 cm³/mol. The molecule has 0 bridgehead atoms. The van der Waals surface area contributed by atoms with E-state index in [9.17, 15) is 0 Å². The van der Waals surface area contributed by atoms with Crippen LogP contribution in [0.3, 0.4) is 0 Å². The first-order chi connectivity index (χ1) is 9.54. The molecule has 0 saturated carbocycles. The summed E-state index contributed by atoms with van der Waals surface area (Å²) >= 11 is 0. The lowest BCUT2D eigenvalue weighted by atomic mass is 10.2. The molecule has 0 aliphatic carbocycles. The van der Waals surface area contributed by atoms with Crippen LogP contribution in [0, 0.1) is 0 Å². The summed E-state index contributed by atoms with van der Waals surface area (Å²) in [6.45, 7) is 3.61. The molecule has 0 amide bonds. The summed E-state index contributed by atoms with van der Waals surface area (Å²) < 4.78 is 5.72. The van der Waals surface area contributed by atoms with Crippen molar-refractivity contribution in [1.82, 2.24) is 9.80 Å². The summed E-state index contributed by atoms with van der Waals surface area (Å²) in [5.41, 5.74) is 1.17. The summed E-state index contributed by atoms with van der Waals surface area (Å²) in [7, 11) is 8.01. The molecule has 0 aliphatic rings. The molecule has 1 rings (SSSR count). The highest BCUT2D eigenvalue weighted by Gasteiger charge is 2.04. The molecule has 1 aromatic carbocycles. The van der Waals surface area contributed by atoms with Crippen molar-refractivity contribution < 1.29 is 4.74 Å². The fourth-order valence-corrected chi connectivity index (χ4v) is 1.91. The van der Waals surface area contributed by atoms with Crippen LogP contribution in [0.25, 0.3) is 0 Å². The second-order valence-electron chi connectivity index (χ2n) is 5.25. The highest BCUT2D eigenvalue weighted by molar-refractivity contribution is 14.0. The van der Waals surface area contributed by atoms with Gasteiger partial charge in [-0.3, -0.25) is 0 Å². The second-order valence-corrected chi connectivity index (χ2v) is 5.25. The molecule has 0 aliphatic heterocycles. The maximum absolute atomic E-state index is 5.72. The van der Waals surface area contributed by atoms with Crippen LogP contribution < -0.4 is 4.74 Å². The van der Waals surface area contributed by atoms with Gasteiger partial charge in [0, 0.05) is 28.2 Å². The molecule has 0 N–H and O–H groups in total. The van der Waals surface area contributed by atoms with Crippen LogP contribution in [0.1, 0.15) is 25.3 Å². The first-order valence-corrected chi connectivity index (χ1v) is 7.15. The maximum atomic E-state index is 5.72. The Bertz CT molecular complexity index is 423. The quantitative estimate of drug-likeness (QED) is 0.314. The Morgan fingerprint density at radius 3 is 2.38 bits per heavy atom. The lowest BCUT2D eigenvalue weighted by molar-refractivity contribution is 0.309. The average Bonchev–Trinajstić information content (AvgIpc) is 2.39. The monoisotopic (exact) mass is 405 g/mol. The van der Waals surface area contributed by atoms with Gasteiger partial charge >= 0.3 is 0 Å². The van der Waals surface area contributed by atoms with E-state index in [1.807, 2.05) is 50.1 Å². The Morgan fingerprint density at radius 1 is 1.14 bits per heavy atom. The van der Waals surface area contributed by atoms with Gasteiger partial charge in [0.1, 0.15) is 5.75 Å². The number of nitrogens with zero attached hydrogens (tertiary/aromatic N) is 3. The first-order valence-electron chi connectivity index (χ1n) is 7.15. The molecule has 0 saturated heterocycles. The van der Waals surface area contributed by atoms with Crippen molar-refractivity contribution in [2.24, 2.45) is 4.99 Å². The SMILES string of the molecule is CCCCOc1cccc(CN=C(N(C)C)N(C)C)c1.I. The fourth-order valence-electron chi connectivity index (χ4n) is 1.91. The molecular formula is C16H28IN3O. The van der Waals surface area contributed by atoms with E-state index in [2.05, 4.69) is 24.0 Å². The third kappa shape index (κ3) is 7.55.